The number of nitrogens with zero attached hydrogens (tertiary/aromatic N) is 1. The number of halogens is 1. The normalized spacial score (nSPS) is 17.4. The number of rotatable bonds is 6. The lowest BCUT2D eigenvalue weighted by atomic mass is 10.4. The topological polar surface area (TPSA) is 58.6 Å². The molecule has 0 radical (unpaired) electrons. The molecule has 1 N–H and O–H groups in total. The molecule has 0 aromatic carbocycles. The van der Waals surface area contributed by atoms with E-state index in [2.05, 4.69) is 25.7 Å². The van der Waals surface area contributed by atoms with Gasteiger partial charge in [0.15, 0.2) is 0 Å². The summed E-state index contributed by atoms with van der Waals surface area (Å²) in [4.78, 5) is 9.44. The van der Waals surface area contributed by atoms with Crippen LogP contribution < -0.4 is 4.89 Å². The van der Waals surface area contributed by atoms with Gasteiger partial charge in [-0.05, 0) is 54.0 Å². The SMILES string of the molecule is O=S(=O)(NOCCN1CCCC1)c1ccc(Br)s1. The largest absolute Gasteiger partial charge is 0.301 e. The van der Waals surface area contributed by atoms with Crippen LogP contribution in [0.2, 0.25) is 0 Å². The molecule has 1 aromatic heterocycles. The fourth-order valence-electron chi connectivity index (χ4n) is 1.78. The standard InChI is InChI=1S/C10H15BrN2O3S2/c11-9-3-4-10(17-9)18(14,15)12-16-8-7-13-5-1-2-6-13/h3-4,12H,1-2,5-8H2. The average Bonchev–Trinajstić information content (AvgIpc) is 2.95. The van der Waals surface area contributed by atoms with Crippen LogP contribution in [0.1, 0.15) is 12.8 Å². The highest BCUT2D eigenvalue weighted by Gasteiger charge is 2.17. The first-order valence-corrected chi connectivity index (χ1v) is 8.78. The third kappa shape index (κ3) is 4.01. The van der Waals surface area contributed by atoms with Gasteiger partial charge in [-0.25, -0.2) is 8.42 Å². The van der Waals surface area contributed by atoms with E-state index in [0.717, 1.165) is 34.8 Å². The number of hydrogen-bond donors (Lipinski definition) is 1. The molecule has 0 unspecified atom stereocenters. The Bertz CT molecular complexity index is 483. The first-order chi connectivity index (χ1) is 8.58. The van der Waals surface area contributed by atoms with E-state index >= 15 is 0 Å². The van der Waals surface area contributed by atoms with Gasteiger partial charge in [-0.3, -0.25) is 4.84 Å². The molecule has 1 aliphatic heterocycles. The molecule has 0 amide bonds. The van der Waals surface area contributed by atoms with Gasteiger partial charge in [0, 0.05) is 6.54 Å². The van der Waals surface area contributed by atoms with Gasteiger partial charge >= 0.3 is 0 Å². The van der Waals surface area contributed by atoms with Crippen molar-refractivity contribution in [1.29, 1.82) is 0 Å². The summed E-state index contributed by atoms with van der Waals surface area (Å²) in [6.45, 7) is 3.28. The summed E-state index contributed by atoms with van der Waals surface area (Å²) < 4.78 is 24.6. The van der Waals surface area contributed by atoms with E-state index < -0.39 is 10.0 Å². The molecule has 2 rings (SSSR count). The summed E-state index contributed by atoms with van der Waals surface area (Å²) in [6, 6.07) is 3.24. The van der Waals surface area contributed by atoms with Crippen molar-refractivity contribution in [3.05, 3.63) is 15.9 Å². The van der Waals surface area contributed by atoms with Crippen molar-refractivity contribution in [3.63, 3.8) is 0 Å². The summed E-state index contributed by atoms with van der Waals surface area (Å²) in [5.74, 6) is 0. The van der Waals surface area contributed by atoms with Gasteiger partial charge < -0.3 is 4.90 Å². The highest BCUT2D eigenvalue weighted by atomic mass is 79.9. The van der Waals surface area contributed by atoms with Crippen LogP contribution in [-0.4, -0.2) is 39.6 Å². The molecule has 0 saturated carbocycles. The fourth-order valence-corrected chi connectivity index (χ4v) is 4.60. The van der Waals surface area contributed by atoms with Gasteiger partial charge in [-0.1, -0.05) is 4.89 Å². The maximum absolute atomic E-state index is 11.8. The minimum Gasteiger partial charge on any atom is -0.301 e. The van der Waals surface area contributed by atoms with Crippen molar-refractivity contribution in [2.45, 2.75) is 17.1 Å². The highest BCUT2D eigenvalue weighted by Crippen LogP contribution is 2.25. The molecule has 18 heavy (non-hydrogen) atoms. The maximum Gasteiger partial charge on any atom is 0.271 e. The second kappa shape index (κ2) is 6.44. The zero-order valence-electron chi connectivity index (χ0n) is 9.76. The molecule has 0 aliphatic carbocycles. The minimum atomic E-state index is -3.54. The smallest absolute Gasteiger partial charge is 0.271 e. The molecular weight excluding hydrogens is 340 g/mol. The highest BCUT2D eigenvalue weighted by molar-refractivity contribution is 9.11. The van der Waals surface area contributed by atoms with Crippen molar-refractivity contribution >= 4 is 37.3 Å². The van der Waals surface area contributed by atoms with Gasteiger partial charge in [-0.15, -0.1) is 11.3 Å². The van der Waals surface area contributed by atoms with E-state index in [-0.39, 0.29) is 4.21 Å². The molecule has 2 heterocycles. The predicted octanol–water partition coefficient (Wildman–Crippen LogP) is 1.82. The minimum absolute atomic E-state index is 0.246. The first-order valence-electron chi connectivity index (χ1n) is 5.69. The number of hydrogen-bond acceptors (Lipinski definition) is 5. The molecule has 1 aromatic rings. The van der Waals surface area contributed by atoms with E-state index in [4.69, 9.17) is 4.84 Å². The molecule has 0 spiro atoms. The van der Waals surface area contributed by atoms with Crippen molar-refractivity contribution in [2.24, 2.45) is 0 Å². The fraction of sp³-hybridized carbons (Fsp3) is 0.600. The summed E-state index contributed by atoms with van der Waals surface area (Å²) in [7, 11) is -3.54. The Morgan fingerprint density at radius 3 is 2.72 bits per heavy atom. The monoisotopic (exact) mass is 354 g/mol. The molecule has 1 fully saturated rings. The molecule has 5 nitrogen and oxygen atoms in total. The Labute approximate surface area is 119 Å². The van der Waals surface area contributed by atoms with Crippen LogP contribution in [0, 0.1) is 0 Å². The number of thiophene rings is 1. The lowest BCUT2D eigenvalue weighted by molar-refractivity contribution is 0.0757. The molecule has 1 saturated heterocycles. The maximum atomic E-state index is 11.8. The van der Waals surface area contributed by atoms with Crippen LogP contribution in [-0.2, 0) is 14.9 Å². The number of sulfonamides is 1. The van der Waals surface area contributed by atoms with Crippen LogP contribution >= 0.6 is 27.3 Å². The number of nitrogens with one attached hydrogen (secondary N) is 1. The zero-order chi connectivity index (χ0) is 13.0. The quantitative estimate of drug-likeness (QED) is 0.625. The van der Waals surface area contributed by atoms with Crippen LogP contribution in [0.4, 0.5) is 0 Å². The predicted molar refractivity (Wildman–Crippen MR) is 74.0 cm³/mol. The summed E-state index contributed by atoms with van der Waals surface area (Å²) in [5, 5.41) is 0. The Kier molecular flexibility index (Phi) is 5.16. The van der Waals surface area contributed by atoms with Gasteiger partial charge in [0.2, 0.25) is 0 Å². The van der Waals surface area contributed by atoms with E-state index in [0.29, 0.717) is 6.61 Å². The Balaban J connectivity index is 1.75. The van der Waals surface area contributed by atoms with E-state index in [1.165, 1.54) is 12.8 Å². The van der Waals surface area contributed by atoms with Crippen LogP contribution in [0.15, 0.2) is 20.1 Å². The Morgan fingerprint density at radius 2 is 2.11 bits per heavy atom. The summed E-state index contributed by atoms with van der Waals surface area (Å²) >= 11 is 4.38. The molecule has 0 atom stereocenters. The van der Waals surface area contributed by atoms with Gasteiger partial charge in [0.1, 0.15) is 4.21 Å². The molecule has 102 valence electrons. The lowest BCUT2D eigenvalue weighted by Crippen LogP contribution is -2.29. The van der Waals surface area contributed by atoms with Crippen molar-refractivity contribution in [2.75, 3.05) is 26.2 Å². The van der Waals surface area contributed by atoms with Crippen molar-refractivity contribution in [3.8, 4) is 0 Å². The summed E-state index contributed by atoms with van der Waals surface area (Å²) in [5.41, 5.74) is 0. The lowest BCUT2D eigenvalue weighted by Gasteiger charge is -2.14. The van der Waals surface area contributed by atoms with Gasteiger partial charge in [0.25, 0.3) is 10.0 Å². The molecule has 1 aliphatic rings. The average molecular weight is 355 g/mol. The Hall–Kier alpha value is 0.01000. The van der Waals surface area contributed by atoms with E-state index in [9.17, 15) is 8.42 Å². The van der Waals surface area contributed by atoms with E-state index in [1.807, 2.05) is 0 Å². The molecular formula is C10H15BrN2O3S2. The van der Waals surface area contributed by atoms with Crippen molar-refractivity contribution in [1.82, 2.24) is 9.79 Å². The molecule has 8 heteroatoms. The van der Waals surface area contributed by atoms with Gasteiger partial charge in [0.05, 0.1) is 10.4 Å². The second-order valence-corrected chi connectivity index (χ2v) is 8.38. The van der Waals surface area contributed by atoms with Crippen molar-refractivity contribution < 1.29 is 13.3 Å². The Morgan fingerprint density at radius 1 is 1.39 bits per heavy atom. The third-order valence-corrected chi connectivity index (χ3v) is 6.02. The van der Waals surface area contributed by atoms with Crippen LogP contribution in [0.3, 0.4) is 0 Å². The summed E-state index contributed by atoms with van der Waals surface area (Å²) in [6.07, 6.45) is 2.43. The number of likely N-dealkylation sites (tertiary alicyclic amines) is 1. The van der Waals surface area contributed by atoms with Crippen LogP contribution in [0.5, 0.6) is 0 Å². The van der Waals surface area contributed by atoms with Gasteiger partial charge in [-0.2, -0.15) is 0 Å². The third-order valence-electron chi connectivity index (χ3n) is 2.69. The van der Waals surface area contributed by atoms with Crippen LogP contribution in [0.25, 0.3) is 0 Å². The zero-order valence-corrected chi connectivity index (χ0v) is 13.0. The first kappa shape index (κ1) is 14.4. The molecule has 0 bridgehead atoms. The van der Waals surface area contributed by atoms with E-state index in [1.54, 1.807) is 12.1 Å². The second-order valence-electron chi connectivity index (χ2n) is 4.04.